The van der Waals surface area contributed by atoms with Gasteiger partial charge in [-0.15, -0.1) is 0 Å². The molecule has 5 nitrogen and oxygen atoms in total. The lowest BCUT2D eigenvalue weighted by molar-refractivity contribution is 0.0507. The minimum absolute atomic E-state index is 0.0253. The molecule has 0 rings (SSSR count). The van der Waals surface area contributed by atoms with E-state index in [9.17, 15) is 4.79 Å². The van der Waals surface area contributed by atoms with Gasteiger partial charge < -0.3 is 10.1 Å². The predicted molar refractivity (Wildman–Crippen MR) is 55.9 cm³/mol. The van der Waals surface area contributed by atoms with Crippen molar-refractivity contribution in [3.05, 3.63) is 0 Å². The van der Waals surface area contributed by atoms with E-state index in [4.69, 9.17) is 4.74 Å². The molecule has 0 bridgehead atoms. The van der Waals surface area contributed by atoms with E-state index in [0.717, 1.165) is 0 Å². The van der Waals surface area contributed by atoms with Crippen molar-refractivity contribution >= 4 is 6.09 Å². The van der Waals surface area contributed by atoms with E-state index in [1.54, 1.807) is 7.05 Å². The fourth-order valence-electron chi connectivity index (χ4n) is 0.815. The van der Waals surface area contributed by atoms with Crippen LogP contribution in [0.2, 0.25) is 0 Å². The Bertz CT molecular complexity index is 177. The highest BCUT2D eigenvalue weighted by Crippen LogP contribution is 2.06. The van der Waals surface area contributed by atoms with Crippen molar-refractivity contribution in [1.29, 1.82) is 0 Å². The molecule has 0 aliphatic rings. The maximum absolute atomic E-state index is 11.3. The molecule has 1 unspecified atom stereocenters. The maximum Gasteiger partial charge on any atom is 0.407 e. The lowest BCUT2D eigenvalue weighted by Crippen LogP contribution is -2.45. The third-order valence-electron chi connectivity index (χ3n) is 1.35. The molecule has 84 valence electrons. The molecule has 14 heavy (non-hydrogen) atoms. The minimum atomic E-state index is -0.444. The fraction of sp³-hybridized carbons (Fsp3) is 0.889. The third kappa shape index (κ3) is 7.82. The highest BCUT2D eigenvalue weighted by Gasteiger charge is 2.17. The molecule has 5 heteroatoms. The van der Waals surface area contributed by atoms with Crippen LogP contribution in [0.5, 0.6) is 0 Å². The Balaban J connectivity index is 3.71. The smallest absolute Gasteiger partial charge is 0.407 e. The van der Waals surface area contributed by atoms with Gasteiger partial charge in [0.15, 0.2) is 0 Å². The first-order valence-electron chi connectivity index (χ1n) is 4.74. The van der Waals surface area contributed by atoms with Gasteiger partial charge in [-0.25, -0.2) is 4.79 Å². The van der Waals surface area contributed by atoms with Gasteiger partial charge in [0.2, 0.25) is 0 Å². The highest BCUT2D eigenvalue weighted by atomic mass is 16.6. The Morgan fingerprint density at radius 2 is 2.00 bits per heavy atom. The van der Waals surface area contributed by atoms with Crippen LogP contribution in [0.15, 0.2) is 0 Å². The van der Waals surface area contributed by atoms with Gasteiger partial charge in [-0.3, -0.25) is 10.9 Å². The molecular weight excluding hydrogens is 182 g/mol. The van der Waals surface area contributed by atoms with Crippen LogP contribution in [0.25, 0.3) is 0 Å². The summed E-state index contributed by atoms with van der Waals surface area (Å²) in [4.78, 5) is 11.3. The zero-order valence-corrected chi connectivity index (χ0v) is 9.60. The molecule has 1 amide bonds. The van der Waals surface area contributed by atoms with E-state index in [1.807, 2.05) is 27.7 Å². The van der Waals surface area contributed by atoms with E-state index >= 15 is 0 Å². The molecule has 0 fully saturated rings. The number of nitrogens with one attached hydrogen (secondary N) is 3. The number of alkyl carbamates (subject to hydrolysis) is 1. The number of carbonyl (C=O) groups is 1. The van der Waals surface area contributed by atoms with Crippen LogP contribution in [0, 0.1) is 0 Å². The number of hydrogen-bond acceptors (Lipinski definition) is 4. The number of ether oxygens (including phenoxy) is 1. The van der Waals surface area contributed by atoms with E-state index in [1.165, 1.54) is 0 Å². The molecule has 0 aliphatic heterocycles. The van der Waals surface area contributed by atoms with E-state index < -0.39 is 5.60 Å². The Labute approximate surface area is 85.6 Å². The number of hydrazine groups is 1. The zero-order chi connectivity index (χ0) is 11.2. The summed E-state index contributed by atoms with van der Waals surface area (Å²) in [7, 11) is 1.78. The summed E-state index contributed by atoms with van der Waals surface area (Å²) in [5.41, 5.74) is 5.23. The summed E-state index contributed by atoms with van der Waals surface area (Å²) >= 11 is 0. The lowest BCUT2D eigenvalue weighted by Gasteiger charge is -2.22. The van der Waals surface area contributed by atoms with Crippen LogP contribution in [0.3, 0.4) is 0 Å². The van der Waals surface area contributed by atoms with Gasteiger partial charge >= 0.3 is 6.09 Å². The minimum Gasteiger partial charge on any atom is -0.444 e. The van der Waals surface area contributed by atoms with Crippen LogP contribution in [0.4, 0.5) is 4.79 Å². The first kappa shape index (κ1) is 13.2. The number of rotatable bonds is 4. The molecule has 0 radical (unpaired) electrons. The van der Waals surface area contributed by atoms with Crippen LogP contribution >= 0.6 is 0 Å². The molecule has 0 heterocycles. The van der Waals surface area contributed by atoms with E-state index in [0.29, 0.717) is 6.54 Å². The molecule has 3 N–H and O–H groups in total. The van der Waals surface area contributed by atoms with Crippen molar-refractivity contribution < 1.29 is 9.53 Å². The summed E-state index contributed by atoms with van der Waals surface area (Å²) in [6, 6.07) is 0.0253. The van der Waals surface area contributed by atoms with Gasteiger partial charge in [0.1, 0.15) is 5.60 Å². The SMILES string of the molecule is CNNCC(C)NC(=O)OC(C)(C)C. The molecule has 0 aromatic rings. The normalized spacial score (nSPS) is 13.5. The Hall–Kier alpha value is -0.810. The van der Waals surface area contributed by atoms with Gasteiger partial charge in [0.05, 0.1) is 0 Å². The Morgan fingerprint density at radius 1 is 1.43 bits per heavy atom. The average molecular weight is 203 g/mol. The Morgan fingerprint density at radius 3 is 2.43 bits per heavy atom. The molecule has 0 aromatic carbocycles. The van der Waals surface area contributed by atoms with Gasteiger partial charge in [0, 0.05) is 12.6 Å². The second kappa shape index (κ2) is 5.82. The summed E-state index contributed by atoms with van der Waals surface area (Å²) in [6.07, 6.45) is -0.386. The van der Waals surface area contributed by atoms with Crippen molar-refractivity contribution in [2.45, 2.75) is 39.3 Å². The van der Waals surface area contributed by atoms with Crippen molar-refractivity contribution in [3.63, 3.8) is 0 Å². The number of amides is 1. The third-order valence-corrected chi connectivity index (χ3v) is 1.35. The number of carbonyl (C=O) groups excluding carboxylic acids is 1. The molecule has 0 aromatic heterocycles. The summed E-state index contributed by atoms with van der Waals surface area (Å²) < 4.78 is 5.09. The zero-order valence-electron chi connectivity index (χ0n) is 9.60. The van der Waals surface area contributed by atoms with Crippen LogP contribution in [0.1, 0.15) is 27.7 Å². The fourth-order valence-corrected chi connectivity index (χ4v) is 0.815. The van der Waals surface area contributed by atoms with Crippen LogP contribution in [-0.2, 0) is 4.74 Å². The molecule has 0 saturated carbocycles. The van der Waals surface area contributed by atoms with Crippen molar-refractivity contribution in [1.82, 2.24) is 16.2 Å². The van der Waals surface area contributed by atoms with E-state index in [2.05, 4.69) is 16.2 Å². The summed E-state index contributed by atoms with van der Waals surface area (Å²) in [5, 5.41) is 2.71. The van der Waals surface area contributed by atoms with Crippen molar-refractivity contribution in [2.75, 3.05) is 13.6 Å². The van der Waals surface area contributed by atoms with E-state index in [-0.39, 0.29) is 12.1 Å². The van der Waals surface area contributed by atoms with Gasteiger partial charge in [-0.2, -0.15) is 0 Å². The van der Waals surface area contributed by atoms with Crippen molar-refractivity contribution in [3.8, 4) is 0 Å². The first-order valence-corrected chi connectivity index (χ1v) is 4.74. The predicted octanol–water partition coefficient (Wildman–Crippen LogP) is 0.624. The highest BCUT2D eigenvalue weighted by molar-refractivity contribution is 5.68. The average Bonchev–Trinajstić information content (AvgIpc) is 1.96. The standard InChI is InChI=1S/C9H21N3O2/c1-7(6-11-10-5)12-8(13)14-9(2,3)4/h7,10-11H,6H2,1-5H3,(H,12,13). The molecule has 0 spiro atoms. The van der Waals surface area contributed by atoms with Gasteiger partial charge in [-0.05, 0) is 34.7 Å². The topological polar surface area (TPSA) is 62.4 Å². The quantitative estimate of drug-likeness (QED) is 0.586. The second-order valence-corrected chi connectivity index (χ2v) is 4.18. The van der Waals surface area contributed by atoms with Gasteiger partial charge in [-0.1, -0.05) is 0 Å². The molecule has 0 saturated heterocycles. The first-order chi connectivity index (χ1) is 6.35. The van der Waals surface area contributed by atoms with Crippen LogP contribution in [-0.4, -0.2) is 31.3 Å². The van der Waals surface area contributed by atoms with Crippen molar-refractivity contribution in [2.24, 2.45) is 0 Å². The largest absolute Gasteiger partial charge is 0.444 e. The Kier molecular flexibility index (Phi) is 5.49. The number of hydrogen-bond donors (Lipinski definition) is 3. The molecule has 1 atom stereocenters. The molecular formula is C9H21N3O2. The van der Waals surface area contributed by atoms with Gasteiger partial charge in [0.25, 0.3) is 0 Å². The van der Waals surface area contributed by atoms with Crippen LogP contribution < -0.4 is 16.2 Å². The monoisotopic (exact) mass is 203 g/mol. The summed E-state index contributed by atoms with van der Waals surface area (Å²) in [6.45, 7) is 8.05. The summed E-state index contributed by atoms with van der Waals surface area (Å²) in [5.74, 6) is 0. The lowest BCUT2D eigenvalue weighted by atomic mass is 10.2. The second-order valence-electron chi connectivity index (χ2n) is 4.18. The maximum atomic E-state index is 11.3. The molecule has 0 aliphatic carbocycles.